The molecule has 1 aliphatic rings. The van der Waals surface area contributed by atoms with Crippen molar-refractivity contribution in [1.82, 2.24) is 14.9 Å². The van der Waals surface area contributed by atoms with Crippen LogP contribution < -0.4 is 5.32 Å². The molecule has 0 radical (unpaired) electrons. The van der Waals surface area contributed by atoms with Gasteiger partial charge in [-0.3, -0.25) is 9.78 Å². The molecule has 6 heteroatoms. The lowest BCUT2D eigenvalue weighted by Gasteiger charge is -2.34. The monoisotopic (exact) mass is 471 g/mol. The quantitative estimate of drug-likeness (QED) is 0.367. The van der Waals surface area contributed by atoms with Gasteiger partial charge in [-0.1, -0.05) is 36.4 Å². The van der Waals surface area contributed by atoms with Gasteiger partial charge in [0, 0.05) is 48.8 Å². The van der Waals surface area contributed by atoms with E-state index in [1.165, 1.54) is 0 Å². The van der Waals surface area contributed by atoms with Gasteiger partial charge < -0.3 is 19.7 Å². The first-order chi connectivity index (χ1) is 17.0. The van der Waals surface area contributed by atoms with Crippen LogP contribution >= 0.6 is 0 Å². The molecule has 1 fully saturated rings. The van der Waals surface area contributed by atoms with E-state index >= 15 is 0 Å². The van der Waals surface area contributed by atoms with Crippen molar-refractivity contribution in [2.24, 2.45) is 11.8 Å². The standard InChI is InChI=1S/C29H33N3O3/c1-19(20-11-13-23(14-12-20)29(34)35-2)31-28(33)25-10-4-7-22-15-17-32(27(22)25)18-24-8-3-6-21-9-5-16-30-26(21)24/h3-10,15-17,19-20,23,29,34H,11-14,18H2,1-2H3,(H,31,33). The fourth-order valence-corrected chi connectivity index (χ4v) is 5.58. The van der Waals surface area contributed by atoms with Crippen LogP contribution in [-0.2, 0) is 11.3 Å². The number of rotatable bonds is 7. The Morgan fingerprint density at radius 2 is 1.77 bits per heavy atom. The number of fused-ring (bicyclic) bond motifs is 2. The summed E-state index contributed by atoms with van der Waals surface area (Å²) in [7, 11) is 1.55. The maximum atomic E-state index is 13.4. The summed E-state index contributed by atoms with van der Waals surface area (Å²) in [6, 6.07) is 18.3. The first-order valence-corrected chi connectivity index (χ1v) is 12.5. The van der Waals surface area contributed by atoms with Gasteiger partial charge >= 0.3 is 0 Å². The van der Waals surface area contributed by atoms with E-state index in [-0.39, 0.29) is 17.9 Å². The van der Waals surface area contributed by atoms with Crippen LogP contribution in [0.25, 0.3) is 21.8 Å². The highest BCUT2D eigenvalue weighted by Gasteiger charge is 2.30. The van der Waals surface area contributed by atoms with Crippen LogP contribution in [0.3, 0.4) is 0 Å². The summed E-state index contributed by atoms with van der Waals surface area (Å²) >= 11 is 0. The zero-order valence-electron chi connectivity index (χ0n) is 20.4. The van der Waals surface area contributed by atoms with Crippen molar-refractivity contribution < 1.29 is 14.6 Å². The maximum Gasteiger partial charge on any atom is 0.253 e. The molecule has 182 valence electrons. The third kappa shape index (κ3) is 4.81. The van der Waals surface area contributed by atoms with E-state index < -0.39 is 6.29 Å². The van der Waals surface area contributed by atoms with Crippen LogP contribution in [0, 0.1) is 11.8 Å². The predicted molar refractivity (Wildman–Crippen MR) is 138 cm³/mol. The zero-order valence-corrected chi connectivity index (χ0v) is 20.4. The number of ether oxygens (including phenoxy) is 1. The second-order valence-electron chi connectivity index (χ2n) is 9.74. The Morgan fingerprint density at radius 1 is 1.06 bits per heavy atom. The van der Waals surface area contributed by atoms with E-state index in [4.69, 9.17) is 4.74 Å². The molecule has 0 spiro atoms. The van der Waals surface area contributed by atoms with E-state index in [9.17, 15) is 9.90 Å². The molecule has 5 rings (SSSR count). The minimum Gasteiger partial charge on any atom is -0.368 e. The third-order valence-electron chi connectivity index (χ3n) is 7.62. The number of pyridine rings is 1. The van der Waals surface area contributed by atoms with Crippen molar-refractivity contribution in [2.75, 3.05) is 7.11 Å². The Kier molecular flexibility index (Phi) is 6.84. The normalized spacial score (nSPS) is 20.1. The lowest BCUT2D eigenvalue weighted by Crippen LogP contribution is -2.40. The number of para-hydroxylation sites is 2. The van der Waals surface area contributed by atoms with Crippen molar-refractivity contribution in [3.8, 4) is 0 Å². The van der Waals surface area contributed by atoms with E-state index in [0.717, 1.165) is 53.1 Å². The Labute approximate surface area is 205 Å². The van der Waals surface area contributed by atoms with Crippen LogP contribution in [0.2, 0.25) is 0 Å². The third-order valence-corrected chi connectivity index (χ3v) is 7.62. The Morgan fingerprint density at radius 3 is 2.57 bits per heavy atom. The molecular formula is C29H33N3O3. The molecule has 0 bridgehead atoms. The van der Waals surface area contributed by atoms with Gasteiger partial charge in [0.05, 0.1) is 16.6 Å². The van der Waals surface area contributed by atoms with E-state index in [0.29, 0.717) is 18.0 Å². The average molecular weight is 472 g/mol. The second kappa shape index (κ2) is 10.2. The lowest BCUT2D eigenvalue weighted by atomic mass is 9.78. The van der Waals surface area contributed by atoms with Gasteiger partial charge in [0.2, 0.25) is 0 Å². The predicted octanol–water partition coefficient (Wildman–Crippen LogP) is 5.13. The van der Waals surface area contributed by atoms with Gasteiger partial charge in [-0.25, -0.2) is 0 Å². The van der Waals surface area contributed by atoms with Crippen molar-refractivity contribution in [3.05, 3.63) is 78.1 Å². The van der Waals surface area contributed by atoms with Crippen LogP contribution in [-0.4, -0.2) is 40.0 Å². The number of aliphatic hydroxyl groups excluding tert-OH is 1. The number of hydrogen-bond acceptors (Lipinski definition) is 4. The van der Waals surface area contributed by atoms with Gasteiger partial charge in [0.15, 0.2) is 6.29 Å². The number of nitrogens with one attached hydrogen (secondary N) is 1. The molecule has 0 saturated heterocycles. The number of aliphatic hydroxyl groups is 1. The first kappa shape index (κ1) is 23.5. The fraction of sp³-hybridized carbons (Fsp3) is 0.379. The summed E-state index contributed by atoms with van der Waals surface area (Å²) in [6.45, 7) is 2.74. The summed E-state index contributed by atoms with van der Waals surface area (Å²) < 4.78 is 7.25. The average Bonchev–Trinajstić information content (AvgIpc) is 3.31. The molecule has 1 amide bonds. The first-order valence-electron chi connectivity index (χ1n) is 12.5. The van der Waals surface area contributed by atoms with Gasteiger partial charge in [0.1, 0.15) is 0 Å². The highest BCUT2D eigenvalue weighted by molar-refractivity contribution is 6.06. The molecular weight excluding hydrogens is 438 g/mol. The molecule has 0 aliphatic heterocycles. The molecule has 6 nitrogen and oxygen atoms in total. The number of nitrogens with zero attached hydrogens (tertiary/aromatic N) is 2. The van der Waals surface area contributed by atoms with E-state index in [1.54, 1.807) is 7.11 Å². The maximum absolute atomic E-state index is 13.4. The van der Waals surface area contributed by atoms with Crippen molar-refractivity contribution in [1.29, 1.82) is 0 Å². The topological polar surface area (TPSA) is 76.4 Å². The molecule has 1 aliphatic carbocycles. The largest absolute Gasteiger partial charge is 0.368 e. The zero-order chi connectivity index (χ0) is 24.4. The van der Waals surface area contributed by atoms with Crippen molar-refractivity contribution >= 4 is 27.7 Å². The molecule has 2 N–H and O–H groups in total. The van der Waals surface area contributed by atoms with Crippen LogP contribution in [0.4, 0.5) is 0 Å². The number of aromatic nitrogens is 2. The van der Waals surface area contributed by atoms with E-state index in [2.05, 4.69) is 64.4 Å². The number of carbonyl (C=O) groups is 1. The molecule has 2 heterocycles. The SMILES string of the molecule is COC(O)C1CCC(C(C)NC(=O)c2cccc3ccn(Cc4cccc5cccnc45)c23)CC1. The molecule has 2 aromatic carbocycles. The number of methoxy groups -OCH3 is 1. The summed E-state index contributed by atoms with van der Waals surface area (Å²) in [6.07, 6.45) is 6.96. The van der Waals surface area contributed by atoms with Crippen LogP contribution in [0.5, 0.6) is 0 Å². The molecule has 4 aromatic rings. The second-order valence-corrected chi connectivity index (χ2v) is 9.74. The number of carbonyl (C=O) groups excluding carboxylic acids is 1. The summed E-state index contributed by atoms with van der Waals surface area (Å²) in [5.74, 6) is 0.532. The fourth-order valence-electron chi connectivity index (χ4n) is 5.58. The molecule has 2 atom stereocenters. The molecule has 2 unspecified atom stereocenters. The summed E-state index contributed by atoms with van der Waals surface area (Å²) in [5.41, 5.74) is 3.74. The van der Waals surface area contributed by atoms with Crippen molar-refractivity contribution in [2.45, 2.75) is 51.5 Å². The van der Waals surface area contributed by atoms with Crippen LogP contribution in [0.15, 0.2) is 67.0 Å². The number of benzene rings is 2. The smallest absolute Gasteiger partial charge is 0.253 e. The molecule has 1 saturated carbocycles. The molecule has 35 heavy (non-hydrogen) atoms. The Balaban J connectivity index is 1.35. The van der Waals surface area contributed by atoms with Gasteiger partial charge in [-0.15, -0.1) is 0 Å². The van der Waals surface area contributed by atoms with Gasteiger partial charge in [-0.2, -0.15) is 0 Å². The van der Waals surface area contributed by atoms with Crippen molar-refractivity contribution in [3.63, 3.8) is 0 Å². The number of hydrogen-bond donors (Lipinski definition) is 2. The lowest BCUT2D eigenvalue weighted by molar-refractivity contribution is -0.123. The minimum atomic E-state index is -0.692. The summed E-state index contributed by atoms with van der Waals surface area (Å²) in [4.78, 5) is 18.0. The molecule has 2 aromatic heterocycles. The minimum absolute atomic E-state index is 0.0434. The highest BCUT2D eigenvalue weighted by Crippen LogP contribution is 2.33. The van der Waals surface area contributed by atoms with E-state index in [1.807, 2.05) is 24.4 Å². The Bertz CT molecular complexity index is 1320. The highest BCUT2D eigenvalue weighted by atomic mass is 16.6. The summed E-state index contributed by atoms with van der Waals surface area (Å²) in [5, 5.41) is 15.4. The van der Waals surface area contributed by atoms with Crippen LogP contribution in [0.1, 0.15) is 48.5 Å². The van der Waals surface area contributed by atoms with Gasteiger partial charge in [-0.05, 0) is 62.3 Å². The Hall–Kier alpha value is -3.22. The number of amides is 1. The van der Waals surface area contributed by atoms with Gasteiger partial charge in [0.25, 0.3) is 5.91 Å².